The molecule has 1 N–H and O–H groups in total. The number of methoxy groups -OCH3 is 2. The summed E-state index contributed by atoms with van der Waals surface area (Å²) in [6.07, 6.45) is -4.65. The quantitative estimate of drug-likeness (QED) is 0.760. The highest BCUT2D eigenvalue weighted by molar-refractivity contribution is 5.95. The van der Waals surface area contributed by atoms with Crippen LogP contribution in [-0.2, 0) is 22.2 Å². The van der Waals surface area contributed by atoms with Crippen LogP contribution in [0.25, 0.3) is 0 Å². The lowest BCUT2D eigenvalue weighted by molar-refractivity contribution is -0.137. The molecule has 29 heavy (non-hydrogen) atoms. The van der Waals surface area contributed by atoms with Crippen molar-refractivity contribution < 1.29 is 32.2 Å². The van der Waals surface area contributed by atoms with Gasteiger partial charge in [0.1, 0.15) is 11.5 Å². The molecule has 156 valence electrons. The molecule has 0 heterocycles. The molecule has 0 unspecified atom stereocenters. The van der Waals surface area contributed by atoms with Crippen molar-refractivity contribution in [1.29, 1.82) is 0 Å². The molecule has 0 spiro atoms. The maximum absolute atomic E-state index is 13.0. The van der Waals surface area contributed by atoms with E-state index in [0.29, 0.717) is 17.1 Å². The molecule has 0 saturated carbocycles. The van der Waals surface area contributed by atoms with Gasteiger partial charge in [-0.2, -0.15) is 13.2 Å². The molecular weight excluding hydrogens is 389 g/mol. The van der Waals surface area contributed by atoms with Crippen LogP contribution >= 0.6 is 0 Å². The number of carbonyl (C=O) groups is 2. The lowest BCUT2D eigenvalue weighted by Gasteiger charge is -2.19. The average Bonchev–Trinajstić information content (AvgIpc) is 2.67. The molecule has 2 amide bonds. The molecule has 0 bridgehead atoms. The maximum Gasteiger partial charge on any atom is 0.418 e. The molecule has 0 radical (unpaired) electrons. The number of carbonyl (C=O) groups excluding carboxylic acids is 2. The largest absolute Gasteiger partial charge is 0.497 e. The second-order valence-corrected chi connectivity index (χ2v) is 6.20. The minimum absolute atomic E-state index is 0.0455. The SMILES string of the molecule is COc1ccc(CC(=O)N(C)CC(=O)Nc2ccccc2C(F)(F)F)c(OC)c1. The molecule has 0 aliphatic carbocycles. The van der Waals surface area contributed by atoms with E-state index in [1.165, 1.54) is 33.4 Å². The van der Waals surface area contributed by atoms with Crippen LogP contribution in [-0.4, -0.2) is 44.5 Å². The maximum atomic E-state index is 13.0. The number of halogens is 3. The molecule has 2 aromatic rings. The first-order valence-corrected chi connectivity index (χ1v) is 8.56. The van der Waals surface area contributed by atoms with Crippen molar-refractivity contribution in [2.45, 2.75) is 12.6 Å². The minimum Gasteiger partial charge on any atom is -0.497 e. The number of nitrogens with one attached hydrogen (secondary N) is 1. The van der Waals surface area contributed by atoms with Crippen LogP contribution in [0.15, 0.2) is 42.5 Å². The minimum atomic E-state index is -4.60. The Labute approximate surface area is 166 Å². The van der Waals surface area contributed by atoms with E-state index in [9.17, 15) is 22.8 Å². The van der Waals surface area contributed by atoms with Crippen LogP contribution in [0.3, 0.4) is 0 Å². The fourth-order valence-corrected chi connectivity index (χ4v) is 2.63. The first kappa shape index (κ1) is 22.1. The van der Waals surface area contributed by atoms with Crippen molar-refractivity contribution >= 4 is 17.5 Å². The summed E-state index contributed by atoms with van der Waals surface area (Å²) in [7, 11) is 4.36. The van der Waals surface area contributed by atoms with Crippen molar-refractivity contribution in [3.8, 4) is 11.5 Å². The van der Waals surface area contributed by atoms with E-state index >= 15 is 0 Å². The predicted octanol–water partition coefficient (Wildman–Crippen LogP) is 3.36. The summed E-state index contributed by atoms with van der Waals surface area (Å²) < 4.78 is 49.4. The van der Waals surface area contributed by atoms with Gasteiger partial charge in [0.05, 0.1) is 38.4 Å². The Morgan fingerprint density at radius 1 is 1.07 bits per heavy atom. The summed E-state index contributed by atoms with van der Waals surface area (Å²) in [5.41, 5.74) is -0.721. The van der Waals surface area contributed by atoms with Gasteiger partial charge in [0.15, 0.2) is 0 Å². The van der Waals surface area contributed by atoms with E-state index in [4.69, 9.17) is 9.47 Å². The molecule has 0 atom stereocenters. The van der Waals surface area contributed by atoms with Gasteiger partial charge in [-0.1, -0.05) is 18.2 Å². The zero-order valence-electron chi connectivity index (χ0n) is 16.2. The Bertz CT molecular complexity index is 884. The number of anilines is 1. The van der Waals surface area contributed by atoms with Crippen molar-refractivity contribution in [2.24, 2.45) is 0 Å². The van der Waals surface area contributed by atoms with Crippen LogP contribution in [0.5, 0.6) is 11.5 Å². The molecule has 0 saturated heterocycles. The van der Waals surface area contributed by atoms with Crippen molar-refractivity contribution in [3.05, 3.63) is 53.6 Å². The van der Waals surface area contributed by atoms with Crippen LogP contribution in [0.1, 0.15) is 11.1 Å². The number of rotatable bonds is 7. The Morgan fingerprint density at radius 3 is 2.38 bits per heavy atom. The molecule has 0 aromatic heterocycles. The summed E-state index contributed by atoms with van der Waals surface area (Å²) >= 11 is 0. The molecule has 2 rings (SSSR count). The lowest BCUT2D eigenvalue weighted by Crippen LogP contribution is -2.36. The van der Waals surface area contributed by atoms with Crippen LogP contribution in [0, 0.1) is 0 Å². The van der Waals surface area contributed by atoms with Crippen LogP contribution in [0.4, 0.5) is 18.9 Å². The number of likely N-dealkylation sites (N-methyl/N-ethyl adjacent to an activating group) is 1. The third-order valence-electron chi connectivity index (χ3n) is 4.15. The van der Waals surface area contributed by atoms with Gasteiger partial charge < -0.3 is 19.7 Å². The third kappa shape index (κ3) is 5.87. The fourth-order valence-electron chi connectivity index (χ4n) is 2.63. The van der Waals surface area contributed by atoms with Crippen molar-refractivity contribution in [2.75, 3.05) is 33.1 Å². The zero-order valence-corrected chi connectivity index (χ0v) is 16.2. The number of nitrogens with zero attached hydrogens (tertiary/aromatic N) is 1. The van der Waals surface area contributed by atoms with E-state index in [2.05, 4.69) is 5.32 Å². The molecule has 9 heteroatoms. The van der Waals surface area contributed by atoms with Gasteiger partial charge in [0, 0.05) is 18.7 Å². The highest BCUT2D eigenvalue weighted by atomic mass is 19.4. The normalized spacial score (nSPS) is 11.0. The highest BCUT2D eigenvalue weighted by Crippen LogP contribution is 2.34. The summed E-state index contributed by atoms with van der Waals surface area (Å²) in [6, 6.07) is 9.62. The second-order valence-electron chi connectivity index (χ2n) is 6.20. The topological polar surface area (TPSA) is 67.9 Å². The molecule has 0 fully saturated rings. The first-order valence-electron chi connectivity index (χ1n) is 8.56. The Kier molecular flexibility index (Phi) is 7.08. The standard InChI is InChI=1S/C20H21F3N2O4/c1-25(19(27)10-13-8-9-14(28-2)11-17(13)29-3)12-18(26)24-16-7-5-4-6-15(16)20(21,22)23/h4-9,11H,10,12H2,1-3H3,(H,24,26). The van der Waals surface area contributed by atoms with Gasteiger partial charge >= 0.3 is 6.18 Å². The first-order chi connectivity index (χ1) is 13.7. The number of hydrogen-bond donors (Lipinski definition) is 1. The number of alkyl halides is 3. The summed E-state index contributed by atoms with van der Waals surface area (Å²) in [6.45, 7) is -0.399. The lowest BCUT2D eigenvalue weighted by atomic mass is 10.1. The number of para-hydroxylation sites is 1. The van der Waals surface area contributed by atoms with E-state index in [1.807, 2.05) is 0 Å². The van der Waals surface area contributed by atoms with E-state index in [1.54, 1.807) is 18.2 Å². The number of amides is 2. The Hall–Kier alpha value is -3.23. The summed E-state index contributed by atoms with van der Waals surface area (Å²) in [4.78, 5) is 25.7. The Balaban J connectivity index is 2.03. The second kappa shape index (κ2) is 9.31. The third-order valence-corrected chi connectivity index (χ3v) is 4.15. The fraction of sp³-hybridized carbons (Fsp3) is 0.300. The molecule has 2 aromatic carbocycles. The van der Waals surface area contributed by atoms with Gasteiger partial charge in [-0.15, -0.1) is 0 Å². The summed E-state index contributed by atoms with van der Waals surface area (Å²) in [5.74, 6) is -0.115. The van der Waals surface area contributed by atoms with Crippen molar-refractivity contribution in [3.63, 3.8) is 0 Å². The zero-order chi connectivity index (χ0) is 21.6. The van der Waals surface area contributed by atoms with Gasteiger partial charge in [0.25, 0.3) is 0 Å². The summed E-state index contributed by atoms with van der Waals surface area (Å²) in [5, 5.41) is 2.21. The number of benzene rings is 2. The van der Waals surface area contributed by atoms with E-state index < -0.39 is 30.1 Å². The van der Waals surface area contributed by atoms with Crippen LogP contribution in [0.2, 0.25) is 0 Å². The van der Waals surface area contributed by atoms with Gasteiger partial charge in [-0.05, 0) is 18.2 Å². The highest BCUT2D eigenvalue weighted by Gasteiger charge is 2.33. The smallest absolute Gasteiger partial charge is 0.418 e. The van der Waals surface area contributed by atoms with Crippen molar-refractivity contribution in [1.82, 2.24) is 4.90 Å². The van der Waals surface area contributed by atoms with Gasteiger partial charge in [-0.3, -0.25) is 9.59 Å². The van der Waals surface area contributed by atoms with E-state index in [0.717, 1.165) is 17.0 Å². The average molecular weight is 410 g/mol. The molecular formula is C20H21F3N2O4. The predicted molar refractivity (Wildman–Crippen MR) is 101 cm³/mol. The van der Waals surface area contributed by atoms with Gasteiger partial charge in [-0.25, -0.2) is 0 Å². The monoisotopic (exact) mass is 410 g/mol. The number of ether oxygens (including phenoxy) is 2. The van der Waals surface area contributed by atoms with E-state index in [-0.39, 0.29) is 12.1 Å². The molecule has 6 nitrogen and oxygen atoms in total. The van der Waals surface area contributed by atoms with Crippen LogP contribution < -0.4 is 14.8 Å². The molecule has 0 aliphatic rings. The Morgan fingerprint density at radius 2 is 1.76 bits per heavy atom. The molecule has 0 aliphatic heterocycles. The number of hydrogen-bond acceptors (Lipinski definition) is 4. The van der Waals surface area contributed by atoms with Gasteiger partial charge in [0.2, 0.25) is 11.8 Å².